The van der Waals surface area contributed by atoms with E-state index in [-0.39, 0.29) is 0 Å². The van der Waals surface area contributed by atoms with Gasteiger partial charge in [-0.2, -0.15) is 0 Å². The maximum Gasteiger partial charge on any atom is 0.0755 e. The van der Waals surface area contributed by atoms with Crippen LogP contribution in [0.3, 0.4) is 0 Å². The molecular weight excluding hydrogens is 176 g/mol. The highest BCUT2D eigenvalue weighted by Crippen LogP contribution is 2.26. The summed E-state index contributed by atoms with van der Waals surface area (Å²) in [4.78, 5) is 0. The molecule has 1 heterocycles. The Morgan fingerprint density at radius 2 is 2.00 bits per heavy atom. The van der Waals surface area contributed by atoms with Crippen LogP contribution in [0.4, 0.5) is 0 Å². The fourth-order valence-corrected chi connectivity index (χ4v) is 1.64. The fraction of sp³-hybridized carbons (Fsp3) is 0.800. The quantitative estimate of drug-likeness (QED) is 0.791. The van der Waals surface area contributed by atoms with E-state index in [1.54, 1.807) is 0 Å². The molecule has 0 aliphatic rings. The van der Waals surface area contributed by atoms with Gasteiger partial charge in [0.2, 0.25) is 0 Å². The van der Waals surface area contributed by atoms with E-state index in [9.17, 15) is 0 Å². The first kappa shape index (κ1) is 11.2. The topological polar surface area (TPSA) is 42.7 Å². The van der Waals surface area contributed by atoms with Gasteiger partial charge in [0.25, 0.3) is 0 Å². The molecule has 4 nitrogen and oxygen atoms in total. The van der Waals surface area contributed by atoms with E-state index in [2.05, 4.69) is 36.4 Å². The van der Waals surface area contributed by atoms with Gasteiger partial charge in [0.15, 0.2) is 0 Å². The normalized spacial score (nSPS) is 15.9. The molecule has 0 aromatic carbocycles. The number of hydrogen-bond donors (Lipinski definition) is 1. The second kappa shape index (κ2) is 4.55. The first-order valence-corrected chi connectivity index (χ1v) is 5.09. The van der Waals surface area contributed by atoms with E-state index in [4.69, 9.17) is 0 Å². The van der Waals surface area contributed by atoms with Gasteiger partial charge < -0.3 is 5.32 Å². The van der Waals surface area contributed by atoms with Gasteiger partial charge in [-0.3, -0.25) is 4.68 Å². The Kier molecular flexibility index (Phi) is 3.63. The summed E-state index contributed by atoms with van der Waals surface area (Å²) < 4.78 is 1.83. The van der Waals surface area contributed by atoms with Crippen molar-refractivity contribution < 1.29 is 0 Å². The lowest BCUT2D eigenvalue weighted by molar-refractivity contribution is 0.305. The van der Waals surface area contributed by atoms with E-state index in [0.29, 0.717) is 17.9 Å². The summed E-state index contributed by atoms with van der Waals surface area (Å²) >= 11 is 0. The molecule has 0 bridgehead atoms. The molecule has 0 amide bonds. The van der Waals surface area contributed by atoms with Crippen molar-refractivity contribution in [3.8, 4) is 0 Å². The molecule has 0 spiro atoms. The van der Waals surface area contributed by atoms with E-state index >= 15 is 0 Å². The van der Waals surface area contributed by atoms with Gasteiger partial charge in [-0.25, -0.2) is 0 Å². The third-order valence-corrected chi connectivity index (χ3v) is 2.96. The minimum atomic E-state index is 0.329. The van der Waals surface area contributed by atoms with Crippen LogP contribution in [-0.4, -0.2) is 22.0 Å². The molecule has 0 fully saturated rings. The largest absolute Gasteiger partial charge is 0.311 e. The van der Waals surface area contributed by atoms with Crippen molar-refractivity contribution in [2.24, 2.45) is 18.9 Å². The molecule has 0 saturated carbocycles. The molecule has 2 atom stereocenters. The molecular formula is C10H20N4. The minimum absolute atomic E-state index is 0.329. The molecule has 1 N–H and O–H groups in total. The van der Waals surface area contributed by atoms with Gasteiger partial charge in [-0.05, 0) is 18.9 Å². The van der Waals surface area contributed by atoms with Gasteiger partial charge in [-0.15, -0.1) is 5.10 Å². The zero-order chi connectivity index (χ0) is 10.7. The third-order valence-electron chi connectivity index (χ3n) is 2.96. The summed E-state index contributed by atoms with van der Waals surface area (Å²) in [6.07, 6.45) is 1.83. The van der Waals surface area contributed by atoms with Gasteiger partial charge >= 0.3 is 0 Å². The molecule has 14 heavy (non-hydrogen) atoms. The zero-order valence-corrected chi connectivity index (χ0v) is 9.65. The molecule has 0 aliphatic carbocycles. The van der Waals surface area contributed by atoms with Gasteiger partial charge in [0.1, 0.15) is 0 Å². The molecule has 1 aromatic heterocycles. The van der Waals surface area contributed by atoms with Crippen molar-refractivity contribution >= 4 is 0 Å². The number of aromatic nitrogens is 3. The second-order valence-electron chi connectivity index (χ2n) is 4.15. The highest BCUT2D eigenvalue weighted by molar-refractivity contribution is 5.03. The van der Waals surface area contributed by atoms with Crippen LogP contribution in [0, 0.1) is 11.8 Å². The SMILES string of the molecule is CNC(c1cnnn1C)C(C)C(C)C. The van der Waals surface area contributed by atoms with Crippen molar-refractivity contribution in [1.29, 1.82) is 0 Å². The summed E-state index contributed by atoms with van der Waals surface area (Å²) in [5, 5.41) is 11.2. The van der Waals surface area contributed by atoms with Crippen LogP contribution in [0.15, 0.2) is 6.20 Å². The first-order chi connectivity index (χ1) is 6.57. The highest BCUT2D eigenvalue weighted by atomic mass is 15.4. The molecule has 1 aromatic rings. The van der Waals surface area contributed by atoms with Crippen molar-refractivity contribution in [1.82, 2.24) is 20.3 Å². The van der Waals surface area contributed by atoms with E-state index < -0.39 is 0 Å². The average molecular weight is 196 g/mol. The zero-order valence-electron chi connectivity index (χ0n) is 9.65. The molecule has 0 aliphatic heterocycles. The Hall–Kier alpha value is -0.900. The fourth-order valence-electron chi connectivity index (χ4n) is 1.64. The molecule has 80 valence electrons. The predicted octanol–water partition coefficient (Wildman–Crippen LogP) is 1.37. The summed E-state index contributed by atoms with van der Waals surface area (Å²) in [5.41, 5.74) is 1.15. The number of nitrogens with zero attached hydrogens (tertiary/aromatic N) is 3. The molecule has 4 heteroatoms. The maximum atomic E-state index is 3.95. The third kappa shape index (κ3) is 2.12. The van der Waals surface area contributed by atoms with Crippen molar-refractivity contribution in [2.75, 3.05) is 7.05 Å². The Morgan fingerprint density at radius 1 is 1.36 bits per heavy atom. The molecule has 0 saturated heterocycles. The molecule has 0 radical (unpaired) electrons. The summed E-state index contributed by atoms with van der Waals surface area (Å²) in [6, 6.07) is 0.329. The van der Waals surface area contributed by atoms with Crippen LogP contribution in [0.25, 0.3) is 0 Å². The predicted molar refractivity (Wildman–Crippen MR) is 56.8 cm³/mol. The number of hydrogen-bond acceptors (Lipinski definition) is 3. The number of aryl methyl sites for hydroxylation is 1. The van der Waals surface area contributed by atoms with Crippen molar-refractivity contribution in [3.63, 3.8) is 0 Å². The van der Waals surface area contributed by atoms with Crippen LogP contribution in [0.1, 0.15) is 32.5 Å². The lowest BCUT2D eigenvalue weighted by atomic mass is 9.89. The second-order valence-corrected chi connectivity index (χ2v) is 4.15. The Labute approximate surface area is 85.7 Å². The highest BCUT2D eigenvalue weighted by Gasteiger charge is 2.22. The number of nitrogens with one attached hydrogen (secondary N) is 1. The smallest absolute Gasteiger partial charge is 0.0755 e. The van der Waals surface area contributed by atoms with Crippen LogP contribution < -0.4 is 5.32 Å². The van der Waals surface area contributed by atoms with Crippen LogP contribution in [0.2, 0.25) is 0 Å². The lowest BCUT2D eigenvalue weighted by Crippen LogP contribution is -2.28. The van der Waals surface area contributed by atoms with Crippen molar-refractivity contribution in [2.45, 2.75) is 26.8 Å². The Bertz CT molecular complexity index is 279. The summed E-state index contributed by atoms with van der Waals surface area (Å²) in [6.45, 7) is 6.72. The Morgan fingerprint density at radius 3 is 2.36 bits per heavy atom. The maximum absolute atomic E-state index is 3.95. The van der Waals surface area contributed by atoms with E-state index in [0.717, 1.165) is 5.69 Å². The molecule has 1 rings (SSSR count). The monoisotopic (exact) mass is 196 g/mol. The summed E-state index contributed by atoms with van der Waals surface area (Å²) in [7, 11) is 3.91. The average Bonchev–Trinajstić information content (AvgIpc) is 2.53. The Balaban J connectivity index is 2.87. The first-order valence-electron chi connectivity index (χ1n) is 5.09. The van der Waals surface area contributed by atoms with Gasteiger partial charge in [0, 0.05) is 7.05 Å². The van der Waals surface area contributed by atoms with Crippen LogP contribution >= 0.6 is 0 Å². The van der Waals surface area contributed by atoms with Crippen molar-refractivity contribution in [3.05, 3.63) is 11.9 Å². The molecule has 2 unspecified atom stereocenters. The van der Waals surface area contributed by atoms with Gasteiger partial charge in [0.05, 0.1) is 17.9 Å². The van der Waals surface area contributed by atoms with E-state index in [1.165, 1.54) is 0 Å². The van der Waals surface area contributed by atoms with Gasteiger partial charge in [-0.1, -0.05) is 26.0 Å². The summed E-state index contributed by atoms with van der Waals surface area (Å²) in [5.74, 6) is 1.21. The standard InChI is InChI=1S/C10H20N4/c1-7(2)8(3)10(11-4)9-6-12-13-14(9)5/h6-8,10-11H,1-5H3. The van der Waals surface area contributed by atoms with Crippen LogP contribution in [-0.2, 0) is 7.05 Å². The lowest BCUT2D eigenvalue weighted by Gasteiger charge is -2.26. The van der Waals surface area contributed by atoms with E-state index in [1.807, 2.05) is 25.0 Å². The number of rotatable bonds is 4. The minimum Gasteiger partial charge on any atom is -0.311 e. The van der Waals surface area contributed by atoms with Crippen LogP contribution in [0.5, 0.6) is 0 Å².